The second-order valence-electron chi connectivity index (χ2n) is 10.7. The quantitative estimate of drug-likeness (QED) is 0.542. The molecule has 0 N–H and O–H groups in total. The van der Waals surface area contributed by atoms with Gasteiger partial charge in [0.2, 0.25) is 0 Å². The van der Waals surface area contributed by atoms with E-state index in [0.29, 0.717) is 11.6 Å². The second-order valence-corrected chi connectivity index (χ2v) is 18.1. The Morgan fingerprint density at radius 3 is 1.08 bits per heavy atom. The lowest BCUT2D eigenvalue weighted by atomic mass is 9.96. The number of carbonyl (C=O) groups is 2. The third kappa shape index (κ3) is 4.73. The van der Waals surface area contributed by atoms with Crippen molar-refractivity contribution in [3.8, 4) is 0 Å². The van der Waals surface area contributed by atoms with E-state index in [1.807, 2.05) is 0 Å². The fraction of sp³-hybridized carbons (Fsp3) is 0.905. The van der Waals surface area contributed by atoms with Crippen LogP contribution in [0.1, 0.15) is 87.5 Å². The maximum Gasteiger partial charge on any atom is 0.134 e. The molecule has 25 heavy (non-hydrogen) atoms. The van der Waals surface area contributed by atoms with Crippen molar-refractivity contribution in [2.75, 3.05) is 12.3 Å². The van der Waals surface area contributed by atoms with E-state index in [9.17, 15) is 9.59 Å². The largest absolute Gasteiger partial charge is 0.300 e. The van der Waals surface area contributed by atoms with Gasteiger partial charge in [-0.15, -0.1) is 0 Å². The number of hydrogen-bond donors (Lipinski definition) is 0. The molecule has 0 bridgehead atoms. The lowest BCUT2D eigenvalue weighted by molar-refractivity contribution is -0.121. The van der Waals surface area contributed by atoms with Crippen molar-refractivity contribution in [3.63, 3.8) is 0 Å². The Kier molecular flexibility index (Phi) is 6.00. The van der Waals surface area contributed by atoms with E-state index in [-0.39, 0.29) is 36.5 Å². The highest BCUT2D eigenvalue weighted by atomic mass is 31.1. The lowest BCUT2D eigenvalue weighted by Gasteiger charge is -2.51. The molecule has 144 valence electrons. The van der Waals surface area contributed by atoms with Crippen LogP contribution in [0.2, 0.25) is 0 Å². The van der Waals surface area contributed by atoms with Gasteiger partial charge in [-0.2, -0.15) is 0 Å². The molecule has 0 atom stereocenters. The summed E-state index contributed by atoms with van der Waals surface area (Å²) in [5.41, 5.74) is 0. The van der Waals surface area contributed by atoms with Gasteiger partial charge in [0.15, 0.2) is 0 Å². The Balaban J connectivity index is 2.06. The maximum absolute atomic E-state index is 12.1. The lowest BCUT2D eigenvalue weighted by Crippen LogP contribution is -2.42. The summed E-state index contributed by atoms with van der Waals surface area (Å²) < 4.78 is 0. The average molecular weight is 384 g/mol. The predicted octanol–water partition coefficient (Wildman–Crippen LogP) is 6.18. The average Bonchev–Trinajstić information content (AvgIpc) is 2.30. The normalized spacial score (nSPS) is 29.0. The first kappa shape index (κ1) is 21.5. The molecule has 2 saturated heterocycles. The Hall–Kier alpha value is 0.200. The van der Waals surface area contributed by atoms with E-state index in [1.54, 1.807) is 0 Å². The molecule has 4 heteroatoms. The van der Waals surface area contributed by atoms with Crippen molar-refractivity contribution >= 4 is 27.4 Å². The first-order valence-electron chi connectivity index (χ1n) is 9.76. The van der Waals surface area contributed by atoms with E-state index >= 15 is 0 Å². The van der Waals surface area contributed by atoms with Crippen molar-refractivity contribution < 1.29 is 9.59 Å². The smallest absolute Gasteiger partial charge is 0.134 e. The van der Waals surface area contributed by atoms with Gasteiger partial charge < -0.3 is 0 Å². The molecule has 0 radical (unpaired) electrons. The topological polar surface area (TPSA) is 34.1 Å². The van der Waals surface area contributed by atoms with Gasteiger partial charge in [0.05, 0.1) is 0 Å². The molecule has 0 saturated carbocycles. The van der Waals surface area contributed by atoms with Crippen LogP contribution < -0.4 is 0 Å². The van der Waals surface area contributed by atoms with Gasteiger partial charge in [-0.3, -0.25) is 9.59 Å². The summed E-state index contributed by atoms with van der Waals surface area (Å²) in [6.45, 7) is 18.5. The van der Waals surface area contributed by atoms with E-state index in [2.05, 4.69) is 55.4 Å². The fourth-order valence-electron chi connectivity index (χ4n) is 5.67. The SMILES string of the molecule is CC1(C)CC(=O)CC(C)(C)P1CCCP1C(C)(C)CC(=O)CC1(C)C. The minimum atomic E-state index is -0.160. The van der Waals surface area contributed by atoms with Gasteiger partial charge in [0.25, 0.3) is 0 Å². The number of Topliss-reactive ketones (excluding diaryl/α,β-unsaturated/α-hetero) is 2. The highest BCUT2D eigenvalue weighted by Gasteiger charge is 2.48. The highest BCUT2D eigenvalue weighted by Crippen LogP contribution is 2.68. The maximum atomic E-state index is 12.1. The van der Waals surface area contributed by atoms with Gasteiger partial charge in [-0.25, -0.2) is 0 Å². The zero-order valence-electron chi connectivity index (χ0n) is 17.7. The summed E-state index contributed by atoms with van der Waals surface area (Å²) >= 11 is 0. The summed E-state index contributed by atoms with van der Waals surface area (Å²) in [5.74, 6) is 0.900. The molecular weight excluding hydrogens is 346 g/mol. The minimum absolute atomic E-state index is 0.160. The van der Waals surface area contributed by atoms with Crippen molar-refractivity contribution in [2.45, 2.75) is 108 Å². The predicted molar refractivity (Wildman–Crippen MR) is 113 cm³/mol. The van der Waals surface area contributed by atoms with Gasteiger partial charge in [-0.05, 0) is 39.4 Å². The summed E-state index contributed by atoms with van der Waals surface area (Å²) in [5, 5.41) is 0.702. The molecular formula is C21H38O2P2. The van der Waals surface area contributed by atoms with Crippen LogP contribution in [-0.2, 0) is 9.59 Å². The molecule has 2 heterocycles. The van der Waals surface area contributed by atoms with Crippen LogP contribution in [0.5, 0.6) is 0 Å². The molecule has 0 aromatic rings. The molecule has 0 aromatic heterocycles. The van der Waals surface area contributed by atoms with Crippen LogP contribution >= 0.6 is 15.8 Å². The Labute approximate surface area is 157 Å². The third-order valence-corrected chi connectivity index (χ3v) is 14.2. The molecule has 2 aliphatic heterocycles. The van der Waals surface area contributed by atoms with E-state index in [0.717, 1.165) is 25.7 Å². The first-order chi connectivity index (χ1) is 11.2. The summed E-state index contributed by atoms with van der Waals surface area (Å²) in [6.07, 6.45) is 6.89. The van der Waals surface area contributed by atoms with E-state index in [4.69, 9.17) is 0 Å². The van der Waals surface area contributed by atoms with Crippen LogP contribution in [0.4, 0.5) is 0 Å². The zero-order chi connectivity index (χ0) is 19.3. The molecule has 2 aliphatic rings. The second kappa shape index (κ2) is 6.98. The Morgan fingerprint density at radius 1 is 0.600 bits per heavy atom. The minimum Gasteiger partial charge on any atom is -0.300 e. The molecule has 0 aliphatic carbocycles. The molecule has 2 fully saturated rings. The van der Waals surface area contributed by atoms with Gasteiger partial charge in [0, 0.05) is 25.7 Å². The van der Waals surface area contributed by atoms with Crippen LogP contribution in [0, 0.1) is 0 Å². The van der Waals surface area contributed by atoms with Gasteiger partial charge >= 0.3 is 0 Å². The Bertz CT molecular complexity index is 458. The fourth-order valence-corrected chi connectivity index (χ4v) is 14.0. The summed E-state index contributed by atoms with van der Waals surface area (Å²) in [6, 6.07) is 0. The molecule has 2 nitrogen and oxygen atoms in total. The molecule has 0 amide bonds. The molecule has 0 spiro atoms. The molecule has 0 aromatic carbocycles. The number of carbonyl (C=O) groups excluding carboxylic acids is 2. The number of ketones is 2. The number of rotatable bonds is 4. The Morgan fingerprint density at radius 2 is 0.840 bits per heavy atom. The monoisotopic (exact) mass is 384 g/mol. The van der Waals surface area contributed by atoms with Crippen molar-refractivity contribution in [2.24, 2.45) is 0 Å². The third-order valence-electron chi connectivity index (χ3n) is 6.21. The molecule has 0 unspecified atom stereocenters. The van der Waals surface area contributed by atoms with Gasteiger partial charge in [0.1, 0.15) is 11.6 Å². The molecule has 2 rings (SSSR count). The summed E-state index contributed by atoms with van der Waals surface area (Å²) in [7, 11) is -0.319. The summed E-state index contributed by atoms with van der Waals surface area (Å²) in [4.78, 5) is 24.3. The van der Waals surface area contributed by atoms with E-state index in [1.165, 1.54) is 18.7 Å². The van der Waals surface area contributed by atoms with E-state index < -0.39 is 0 Å². The van der Waals surface area contributed by atoms with Crippen molar-refractivity contribution in [3.05, 3.63) is 0 Å². The first-order valence-corrected chi connectivity index (χ1v) is 12.8. The van der Waals surface area contributed by atoms with Gasteiger partial charge in [-0.1, -0.05) is 71.2 Å². The van der Waals surface area contributed by atoms with Crippen LogP contribution in [-0.4, -0.2) is 44.5 Å². The van der Waals surface area contributed by atoms with Crippen molar-refractivity contribution in [1.29, 1.82) is 0 Å². The number of hydrogen-bond acceptors (Lipinski definition) is 2. The standard InChI is InChI=1S/C21H38O2P2/c1-18(2)12-16(22)13-19(3,4)24(18)10-9-11-25-20(5,6)14-17(23)15-21(25,7)8/h9-15H2,1-8H3. The van der Waals surface area contributed by atoms with Crippen LogP contribution in [0.15, 0.2) is 0 Å². The van der Waals surface area contributed by atoms with Crippen molar-refractivity contribution in [1.82, 2.24) is 0 Å². The highest BCUT2D eigenvalue weighted by molar-refractivity contribution is 7.62. The van der Waals surface area contributed by atoms with Crippen LogP contribution in [0.25, 0.3) is 0 Å². The zero-order valence-corrected chi connectivity index (χ0v) is 19.4. The van der Waals surface area contributed by atoms with Crippen LogP contribution in [0.3, 0.4) is 0 Å².